The van der Waals surface area contributed by atoms with Gasteiger partial charge in [0.15, 0.2) is 6.10 Å². The molecule has 0 aliphatic rings. The van der Waals surface area contributed by atoms with Crippen molar-refractivity contribution in [3.05, 3.63) is 42.0 Å². The van der Waals surface area contributed by atoms with Crippen LogP contribution in [0.15, 0.2) is 36.4 Å². The topological polar surface area (TPSA) is 47.6 Å². The van der Waals surface area contributed by atoms with E-state index < -0.39 is 11.6 Å². The Kier molecular flexibility index (Phi) is 6.43. The van der Waals surface area contributed by atoms with Gasteiger partial charge in [0, 0.05) is 7.11 Å². The van der Waals surface area contributed by atoms with E-state index in [-0.39, 0.29) is 5.91 Å². The molecule has 0 aromatic heterocycles. The molecule has 136 valence electrons. The van der Waals surface area contributed by atoms with Gasteiger partial charge in [-0.3, -0.25) is 4.79 Å². The molecule has 0 radical (unpaired) electrons. The van der Waals surface area contributed by atoms with Gasteiger partial charge in [0.2, 0.25) is 0 Å². The van der Waals surface area contributed by atoms with Crippen LogP contribution in [0.5, 0.6) is 5.75 Å². The number of methoxy groups -OCH3 is 1. The maximum Gasteiger partial charge on any atom is 0.261 e. The van der Waals surface area contributed by atoms with Gasteiger partial charge < -0.3 is 14.8 Å². The van der Waals surface area contributed by atoms with Gasteiger partial charge in [-0.15, -0.1) is 0 Å². The van der Waals surface area contributed by atoms with E-state index in [1.165, 1.54) is 10.9 Å². The number of aryl methyl sites for hydroxylation is 1. The van der Waals surface area contributed by atoms with Crippen molar-refractivity contribution in [1.82, 2.24) is 5.32 Å². The van der Waals surface area contributed by atoms with Gasteiger partial charge in [-0.1, -0.05) is 38.1 Å². The fourth-order valence-corrected chi connectivity index (χ4v) is 2.86. The normalized spacial score (nSPS) is 12.8. The molecule has 0 saturated carbocycles. The SMILES string of the molecule is CCc1ccc2ccc(OC(CC)C(=O)NC(C)(C)COC)cc2c1. The summed E-state index contributed by atoms with van der Waals surface area (Å²) in [6, 6.07) is 12.4. The molecule has 0 saturated heterocycles. The van der Waals surface area contributed by atoms with Crippen LogP contribution in [0.2, 0.25) is 0 Å². The first-order valence-electron chi connectivity index (χ1n) is 8.89. The molecule has 1 N–H and O–H groups in total. The lowest BCUT2D eigenvalue weighted by atomic mass is 10.1. The molecule has 2 rings (SSSR count). The van der Waals surface area contributed by atoms with Crippen molar-refractivity contribution in [2.75, 3.05) is 13.7 Å². The second kappa shape index (κ2) is 8.34. The van der Waals surface area contributed by atoms with Gasteiger partial charge in [0.05, 0.1) is 12.1 Å². The van der Waals surface area contributed by atoms with Crippen LogP contribution in [0.1, 0.15) is 39.7 Å². The molecule has 0 heterocycles. The summed E-state index contributed by atoms with van der Waals surface area (Å²) in [4.78, 5) is 12.5. The molecule has 1 unspecified atom stereocenters. The Morgan fingerprint density at radius 3 is 2.48 bits per heavy atom. The maximum absolute atomic E-state index is 12.5. The zero-order valence-corrected chi connectivity index (χ0v) is 15.9. The molecule has 2 aromatic rings. The number of hydrogen-bond donors (Lipinski definition) is 1. The van der Waals surface area contributed by atoms with E-state index in [1.54, 1.807) is 7.11 Å². The van der Waals surface area contributed by atoms with Crippen molar-refractivity contribution >= 4 is 16.7 Å². The molecule has 1 amide bonds. The fourth-order valence-electron chi connectivity index (χ4n) is 2.86. The molecule has 0 bridgehead atoms. The fraction of sp³-hybridized carbons (Fsp3) is 0.476. The Morgan fingerprint density at radius 2 is 1.84 bits per heavy atom. The summed E-state index contributed by atoms with van der Waals surface area (Å²) in [7, 11) is 1.63. The van der Waals surface area contributed by atoms with Gasteiger partial charge in [-0.2, -0.15) is 0 Å². The molecule has 0 aliphatic carbocycles. The van der Waals surface area contributed by atoms with E-state index in [0.717, 1.165) is 11.8 Å². The van der Waals surface area contributed by atoms with Crippen molar-refractivity contribution in [3.8, 4) is 5.75 Å². The molecular formula is C21H29NO3. The minimum atomic E-state index is -0.525. The van der Waals surface area contributed by atoms with Crippen LogP contribution >= 0.6 is 0 Å². The van der Waals surface area contributed by atoms with E-state index in [9.17, 15) is 4.79 Å². The molecule has 0 fully saturated rings. The van der Waals surface area contributed by atoms with E-state index in [0.29, 0.717) is 18.8 Å². The number of carbonyl (C=O) groups excluding carboxylic acids is 1. The van der Waals surface area contributed by atoms with Gasteiger partial charge in [-0.25, -0.2) is 0 Å². The highest BCUT2D eigenvalue weighted by molar-refractivity contribution is 5.85. The number of nitrogens with one attached hydrogen (secondary N) is 1. The minimum Gasteiger partial charge on any atom is -0.481 e. The first kappa shape index (κ1) is 19.3. The van der Waals surface area contributed by atoms with E-state index in [4.69, 9.17) is 9.47 Å². The number of hydrogen-bond acceptors (Lipinski definition) is 3. The third kappa shape index (κ3) is 5.20. The second-order valence-corrected chi connectivity index (χ2v) is 7.02. The molecule has 1 atom stereocenters. The monoisotopic (exact) mass is 343 g/mol. The van der Waals surface area contributed by atoms with Crippen LogP contribution in [-0.4, -0.2) is 31.3 Å². The van der Waals surface area contributed by atoms with Crippen LogP contribution < -0.4 is 10.1 Å². The van der Waals surface area contributed by atoms with Crippen LogP contribution in [0.3, 0.4) is 0 Å². The predicted octanol–water partition coefficient (Wildman–Crippen LogP) is 4.10. The quantitative estimate of drug-likeness (QED) is 0.785. The zero-order valence-electron chi connectivity index (χ0n) is 15.9. The van der Waals surface area contributed by atoms with Crippen molar-refractivity contribution in [3.63, 3.8) is 0 Å². The molecule has 0 spiro atoms. The van der Waals surface area contributed by atoms with E-state index in [2.05, 4.69) is 30.4 Å². The summed E-state index contributed by atoms with van der Waals surface area (Å²) >= 11 is 0. The zero-order chi connectivity index (χ0) is 18.4. The van der Waals surface area contributed by atoms with Crippen molar-refractivity contribution in [2.45, 2.75) is 52.2 Å². The molecular weight excluding hydrogens is 314 g/mol. The first-order chi connectivity index (χ1) is 11.9. The highest BCUT2D eigenvalue weighted by atomic mass is 16.5. The Balaban J connectivity index is 2.15. The molecule has 0 aliphatic heterocycles. The van der Waals surface area contributed by atoms with E-state index >= 15 is 0 Å². The van der Waals surface area contributed by atoms with Crippen molar-refractivity contribution in [1.29, 1.82) is 0 Å². The molecule has 4 heteroatoms. The average Bonchev–Trinajstić information content (AvgIpc) is 2.58. The van der Waals surface area contributed by atoms with E-state index in [1.807, 2.05) is 39.0 Å². The Hall–Kier alpha value is -2.07. The summed E-state index contributed by atoms with van der Waals surface area (Å²) in [5.41, 5.74) is 0.859. The maximum atomic E-state index is 12.5. The van der Waals surface area contributed by atoms with Gasteiger partial charge in [0.1, 0.15) is 5.75 Å². The van der Waals surface area contributed by atoms with Gasteiger partial charge in [-0.05, 0) is 55.2 Å². The highest BCUT2D eigenvalue weighted by Crippen LogP contribution is 2.24. The Labute approximate surface area is 150 Å². The second-order valence-electron chi connectivity index (χ2n) is 7.02. The third-order valence-corrected chi connectivity index (χ3v) is 4.19. The van der Waals surface area contributed by atoms with Crippen molar-refractivity contribution < 1.29 is 14.3 Å². The lowest BCUT2D eigenvalue weighted by molar-refractivity contribution is -0.130. The van der Waals surface area contributed by atoms with Gasteiger partial charge >= 0.3 is 0 Å². The van der Waals surface area contributed by atoms with Crippen LogP contribution in [0.25, 0.3) is 10.8 Å². The Bertz CT molecular complexity index is 724. The number of ether oxygens (including phenoxy) is 2. The predicted molar refractivity (Wildman–Crippen MR) is 102 cm³/mol. The smallest absolute Gasteiger partial charge is 0.261 e. The summed E-state index contributed by atoms with van der Waals surface area (Å²) in [5.74, 6) is 0.597. The lowest BCUT2D eigenvalue weighted by Gasteiger charge is -2.28. The summed E-state index contributed by atoms with van der Waals surface area (Å²) in [6.45, 7) is 8.41. The highest BCUT2D eigenvalue weighted by Gasteiger charge is 2.26. The minimum absolute atomic E-state index is 0.119. The van der Waals surface area contributed by atoms with Gasteiger partial charge in [0.25, 0.3) is 5.91 Å². The number of fused-ring (bicyclic) bond motifs is 1. The third-order valence-electron chi connectivity index (χ3n) is 4.19. The Morgan fingerprint density at radius 1 is 1.12 bits per heavy atom. The summed E-state index contributed by atoms with van der Waals surface area (Å²) in [6.07, 6.45) is 1.07. The molecule has 2 aromatic carbocycles. The molecule has 25 heavy (non-hydrogen) atoms. The number of carbonyl (C=O) groups is 1. The van der Waals surface area contributed by atoms with Crippen LogP contribution in [0.4, 0.5) is 0 Å². The van der Waals surface area contributed by atoms with Crippen LogP contribution in [-0.2, 0) is 16.0 Å². The van der Waals surface area contributed by atoms with Crippen LogP contribution in [0, 0.1) is 0 Å². The van der Waals surface area contributed by atoms with Crippen molar-refractivity contribution in [2.24, 2.45) is 0 Å². The number of benzene rings is 2. The largest absolute Gasteiger partial charge is 0.481 e. The number of rotatable bonds is 8. The summed E-state index contributed by atoms with van der Waals surface area (Å²) in [5, 5.41) is 5.30. The average molecular weight is 343 g/mol. The number of amides is 1. The molecule has 4 nitrogen and oxygen atoms in total. The lowest BCUT2D eigenvalue weighted by Crippen LogP contribution is -2.51. The summed E-state index contributed by atoms with van der Waals surface area (Å²) < 4.78 is 11.1. The standard InChI is InChI=1S/C21H29NO3/c1-6-15-8-9-16-10-11-18(13-17(16)12-15)25-19(7-2)20(23)22-21(3,4)14-24-5/h8-13,19H,6-7,14H2,1-5H3,(H,22,23). The first-order valence-corrected chi connectivity index (χ1v) is 8.89.